The number of likely N-dealkylation sites (N-methyl/N-ethyl adjacent to an activating group) is 1. The zero-order chi connectivity index (χ0) is 41.4. The van der Waals surface area contributed by atoms with Crippen molar-refractivity contribution in [2.24, 2.45) is 0 Å². The molecule has 2 atom stereocenters. The first-order valence-corrected chi connectivity index (χ1v) is 21.3. The van der Waals surface area contributed by atoms with Crippen LogP contribution in [0.4, 0.5) is 0 Å². The maximum Gasteiger partial charge on any atom is 0.362 e. The number of carboxylic acids is 1. The number of unbranched alkanes of at least 4 members (excludes halogenated alkanes) is 8. The smallest absolute Gasteiger partial charge is 0.362 e. The number of carboxylic acid groups (broad SMARTS) is 1. The minimum atomic E-state index is -0.889. The molecule has 8 nitrogen and oxygen atoms in total. The van der Waals surface area contributed by atoms with E-state index in [0.29, 0.717) is 19.3 Å². The fourth-order valence-electron chi connectivity index (χ4n) is 5.53. The molecule has 0 saturated carbocycles. The second-order valence-electron chi connectivity index (χ2n) is 14.9. The van der Waals surface area contributed by atoms with Crippen LogP contribution in [-0.4, -0.2) is 80.6 Å². The predicted octanol–water partition coefficient (Wildman–Crippen LogP) is 11.5. The quantitative estimate of drug-likeness (QED) is 0.0222. The lowest BCUT2D eigenvalue weighted by Gasteiger charge is -2.31. The topological polar surface area (TPSA) is 99.1 Å². The van der Waals surface area contributed by atoms with Crippen molar-refractivity contribution in [1.29, 1.82) is 0 Å². The van der Waals surface area contributed by atoms with Gasteiger partial charge in [-0.3, -0.25) is 9.59 Å². The van der Waals surface area contributed by atoms with Gasteiger partial charge in [-0.2, -0.15) is 0 Å². The Morgan fingerprint density at radius 2 is 1.04 bits per heavy atom. The number of rotatable bonds is 36. The van der Waals surface area contributed by atoms with Crippen molar-refractivity contribution in [1.82, 2.24) is 0 Å². The van der Waals surface area contributed by atoms with Crippen LogP contribution in [0.3, 0.4) is 0 Å². The van der Waals surface area contributed by atoms with Crippen LogP contribution in [0.1, 0.15) is 136 Å². The number of hydrogen-bond acceptors (Lipinski definition) is 6. The van der Waals surface area contributed by atoms with Crippen LogP contribution in [0.5, 0.6) is 0 Å². The molecule has 56 heavy (non-hydrogen) atoms. The van der Waals surface area contributed by atoms with Crippen molar-refractivity contribution in [3.8, 4) is 0 Å². The number of hydrogen-bond donors (Lipinski definition) is 1. The fraction of sp³-hybridized carbons (Fsp3) is 0.604. The van der Waals surface area contributed by atoms with Crippen molar-refractivity contribution in [3.05, 3.63) is 97.2 Å². The van der Waals surface area contributed by atoms with Gasteiger partial charge < -0.3 is 23.8 Å². The number of aliphatic carboxylic acids is 1. The molecule has 0 saturated heterocycles. The van der Waals surface area contributed by atoms with E-state index in [-0.39, 0.29) is 36.2 Å². The van der Waals surface area contributed by atoms with E-state index in [2.05, 4.69) is 98.9 Å². The van der Waals surface area contributed by atoms with Gasteiger partial charge in [0.05, 0.1) is 34.4 Å². The van der Waals surface area contributed by atoms with E-state index in [4.69, 9.17) is 14.2 Å². The molecule has 0 aliphatic rings. The summed E-state index contributed by atoms with van der Waals surface area (Å²) in [5.41, 5.74) is 0. The Morgan fingerprint density at radius 3 is 1.61 bits per heavy atom. The number of ether oxygens (including phenoxy) is 3. The summed E-state index contributed by atoms with van der Waals surface area (Å²) in [6.45, 7) is 4.40. The lowest BCUT2D eigenvalue weighted by atomic mass is 10.1. The summed E-state index contributed by atoms with van der Waals surface area (Å²) in [5.74, 6) is -1.55. The summed E-state index contributed by atoms with van der Waals surface area (Å²) in [6, 6.07) is -0.629. The second kappa shape index (κ2) is 38.1. The molecule has 2 unspecified atom stereocenters. The Labute approximate surface area is 341 Å². The average Bonchev–Trinajstić information content (AvgIpc) is 3.15. The summed E-state index contributed by atoms with van der Waals surface area (Å²) >= 11 is 0. The van der Waals surface area contributed by atoms with Crippen molar-refractivity contribution >= 4 is 17.9 Å². The Balaban J connectivity index is 4.46. The molecule has 0 heterocycles. The van der Waals surface area contributed by atoms with Gasteiger partial charge in [0.2, 0.25) is 0 Å². The molecule has 0 aromatic carbocycles. The highest BCUT2D eigenvalue weighted by molar-refractivity contribution is 5.72. The molecule has 8 heteroatoms. The summed E-state index contributed by atoms with van der Waals surface area (Å²) in [7, 11) is 5.49. The van der Waals surface area contributed by atoms with E-state index in [9.17, 15) is 19.5 Å². The van der Waals surface area contributed by atoms with E-state index in [0.717, 1.165) is 103 Å². The van der Waals surface area contributed by atoms with E-state index >= 15 is 0 Å². The minimum absolute atomic E-state index is 0.0351. The van der Waals surface area contributed by atoms with Crippen LogP contribution in [0.2, 0.25) is 0 Å². The molecule has 0 spiro atoms. The summed E-state index contributed by atoms with van der Waals surface area (Å²) in [4.78, 5) is 36.9. The maximum atomic E-state index is 12.7. The average molecular weight is 781 g/mol. The molecular weight excluding hydrogens is 703 g/mol. The number of allylic oxidation sites excluding steroid dienone is 16. The maximum absolute atomic E-state index is 12.7. The van der Waals surface area contributed by atoms with Crippen LogP contribution in [0.15, 0.2) is 97.2 Å². The molecule has 0 radical (unpaired) electrons. The Kier molecular flexibility index (Phi) is 35.6. The number of esters is 2. The largest absolute Gasteiger partial charge is 0.477 e. The molecule has 316 valence electrons. The Hall–Kier alpha value is -3.75. The van der Waals surface area contributed by atoms with E-state index in [1.54, 1.807) is 0 Å². The zero-order valence-electron chi connectivity index (χ0n) is 35.8. The van der Waals surface area contributed by atoms with Gasteiger partial charge in [-0.1, -0.05) is 137 Å². The predicted molar refractivity (Wildman–Crippen MR) is 233 cm³/mol. The minimum Gasteiger partial charge on any atom is -0.477 e. The molecule has 0 rings (SSSR count). The van der Waals surface area contributed by atoms with E-state index in [1.165, 1.54) is 0 Å². The van der Waals surface area contributed by atoms with E-state index < -0.39 is 18.1 Å². The third-order valence-corrected chi connectivity index (χ3v) is 8.79. The van der Waals surface area contributed by atoms with Crippen LogP contribution < -0.4 is 0 Å². The summed E-state index contributed by atoms with van der Waals surface area (Å²) < 4.78 is 17.2. The van der Waals surface area contributed by atoms with Gasteiger partial charge in [-0.15, -0.1) is 0 Å². The van der Waals surface area contributed by atoms with Gasteiger partial charge in [-0.05, 0) is 77.0 Å². The molecule has 1 N–H and O–H groups in total. The summed E-state index contributed by atoms with van der Waals surface area (Å²) in [6.07, 6.45) is 50.2. The van der Waals surface area contributed by atoms with Crippen LogP contribution in [0.25, 0.3) is 0 Å². The van der Waals surface area contributed by atoms with Gasteiger partial charge in [-0.25, -0.2) is 4.79 Å². The molecule has 0 fully saturated rings. The first kappa shape index (κ1) is 52.2. The number of carbonyl (C=O) groups excluding carboxylic acids is 2. The van der Waals surface area contributed by atoms with Gasteiger partial charge in [0.15, 0.2) is 12.1 Å². The standard InChI is InChI=1S/C48H77NO7/c1-6-8-10-12-14-16-18-20-21-22-23-24-25-27-28-30-32-34-36-38-46(50)55-43-44(42-54-41-40-45(48(52)53)49(3,4)5)56-47(51)39-37-35-33-31-29-26-19-17-15-13-11-9-7-2/h8-11,13-17,19-21,23-24,27-28,44-45H,6-7,12,18,22,25-26,29-43H2,1-5H3/p+1/b10-8+,11-9+,15-13+,16-14+,19-17+,21-20+,24-23+,28-27+. The lowest BCUT2D eigenvalue weighted by Crippen LogP contribution is -2.50. The number of quaternary nitrogens is 1. The molecule has 0 aliphatic heterocycles. The van der Waals surface area contributed by atoms with Crippen molar-refractivity contribution in [3.63, 3.8) is 0 Å². The molecule has 0 aromatic heterocycles. The highest BCUT2D eigenvalue weighted by atomic mass is 16.6. The van der Waals surface area contributed by atoms with Crippen molar-refractivity contribution in [2.45, 2.75) is 148 Å². The second-order valence-corrected chi connectivity index (χ2v) is 14.9. The van der Waals surface area contributed by atoms with Gasteiger partial charge >= 0.3 is 17.9 Å². The Bertz CT molecular complexity index is 1230. The normalized spacial score (nSPS) is 13.9. The number of nitrogens with zero attached hydrogens (tertiary/aromatic N) is 1. The van der Waals surface area contributed by atoms with Crippen LogP contribution in [0, 0.1) is 0 Å². The van der Waals surface area contributed by atoms with Gasteiger partial charge in [0.25, 0.3) is 0 Å². The van der Waals surface area contributed by atoms with Gasteiger partial charge in [0, 0.05) is 19.3 Å². The van der Waals surface area contributed by atoms with Crippen LogP contribution >= 0.6 is 0 Å². The SMILES string of the molecule is CC/C=C/C=C/C=C/CCCCCCCC(=O)OC(COCCC(C(=O)O)[N+](C)(C)C)COC(=O)CCCCC/C=C/C/C=C/C/C=C/C/C=C/C/C=C/CC. The van der Waals surface area contributed by atoms with Crippen LogP contribution in [-0.2, 0) is 28.6 Å². The number of carbonyl (C=O) groups is 3. The highest BCUT2D eigenvalue weighted by Crippen LogP contribution is 2.12. The summed E-state index contributed by atoms with van der Waals surface area (Å²) in [5, 5.41) is 9.61. The fourth-order valence-corrected chi connectivity index (χ4v) is 5.53. The molecule has 0 bridgehead atoms. The highest BCUT2D eigenvalue weighted by Gasteiger charge is 2.31. The first-order valence-electron chi connectivity index (χ1n) is 21.3. The van der Waals surface area contributed by atoms with Crippen molar-refractivity contribution in [2.75, 3.05) is 41.0 Å². The third kappa shape index (κ3) is 35.9. The van der Waals surface area contributed by atoms with E-state index in [1.807, 2.05) is 33.3 Å². The Morgan fingerprint density at radius 1 is 0.554 bits per heavy atom. The first-order chi connectivity index (χ1) is 27.1. The molecule has 0 aliphatic carbocycles. The van der Waals surface area contributed by atoms with Gasteiger partial charge in [0.1, 0.15) is 6.61 Å². The lowest BCUT2D eigenvalue weighted by molar-refractivity contribution is -0.887. The molecule has 0 aromatic rings. The third-order valence-electron chi connectivity index (χ3n) is 8.79. The molecule has 0 amide bonds. The zero-order valence-corrected chi connectivity index (χ0v) is 35.8. The van der Waals surface area contributed by atoms with Crippen molar-refractivity contribution < 1.29 is 38.2 Å². The monoisotopic (exact) mass is 781 g/mol. The molecular formula is C48H78NO7+.